The Hall–Kier alpha value is -3.08. The van der Waals surface area contributed by atoms with E-state index in [2.05, 4.69) is 38.7 Å². The normalized spacial score (nSPS) is 10.6. The summed E-state index contributed by atoms with van der Waals surface area (Å²) in [5, 5.41) is 7.73. The van der Waals surface area contributed by atoms with Crippen LogP contribution in [-0.4, -0.2) is 29.5 Å². The Morgan fingerprint density at radius 3 is 2.50 bits per heavy atom. The van der Waals surface area contributed by atoms with E-state index in [0.29, 0.717) is 6.54 Å². The van der Waals surface area contributed by atoms with Crippen LogP contribution in [-0.2, 0) is 6.54 Å². The lowest BCUT2D eigenvalue weighted by Crippen LogP contribution is -2.15. The number of benzene rings is 2. The lowest BCUT2D eigenvalue weighted by molar-refractivity contribution is 0.805. The Kier molecular flexibility index (Phi) is 4.33. The van der Waals surface area contributed by atoms with Crippen molar-refractivity contribution in [1.29, 1.82) is 5.41 Å². The van der Waals surface area contributed by atoms with Gasteiger partial charge in [-0.1, -0.05) is 24.3 Å². The molecule has 1 aromatic heterocycles. The zero-order valence-corrected chi connectivity index (χ0v) is 13.9. The number of anilines is 1. The van der Waals surface area contributed by atoms with Crippen molar-refractivity contribution in [2.45, 2.75) is 6.54 Å². The summed E-state index contributed by atoms with van der Waals surface area (Å²) in [6.07, 6.45) is 3.75. The summed E-state index contributed by atoms with van der Waals surface area (Å²) in [5.74, 6) is 0.987. The molecular weight excluding hydrogens is 298 g/mol. The van der Waals surface area contributed by atoms with Gasteiger partial charge in [-0.25, -0.2) is 4.98 Å². The van der Waals surface area contributed by atoms with E-state index >= 15 is 0 Å². The minimum Gasteiger partial charge on any atom is -0.384 e. The van der Waals surface area contributed by atoms with Crippen LogP contribution >= 0.6 is 0 Å². The summed E-state index contributed by atoms with van der Waals surface area (Å²) in [6, 6.07) is 16.0. The second kappa shape index (κ2) is 6.58. The van der Waals surface area contributed by atoms with E-state index in [1.54, 1.807) is 6.20 Å². The lowest BCUT2D eigenvalue weighted by Gasteiger charge is -2.14. The highest BCUT2D eigenvalue weighted by atomic mass is 15.1. The highest BCUT2D eigenvalue weighted by Crippen LogP contribution is 2.22. The van der Waals surface area contributed by atoms with Crippen LogP contribution in [0.25, 0.3) is 11.4 Å². The molecular formula is C19H21N5. The fraction of sp³-hybridized carbons (Fsp3) is 0.158. The Morgan fingerprint density at radius 1 is 1.12 bits per heavy atom. The van der Waals surface area contributed by atoms with Crippen molar-refractivity contribution < 1.29 is 0 Å². The standard InChI is InChI=1S/C19H21N5/c1-23(2)16-9-7-14(8-10-16)19-22-11-12-24(19)13-15-5-3-4-6-17(15)18(20)21/h3-12H,13H2,1-2H3,(H3,20,21). The SMILES string of the molecule is CN(C)c1ccc(-c2nccn2Cc2ccccc2C(=N)N)cc1. The maximum atomic E-state index is 7.73. The largest absolute Gasteiger partial charge is 0.384 e. The molecule has 0 bridgehead atoms. The van der Waals surface area contributed by atoms with Gasteiger partial charge in [0, 0.05) is 49.8 Å². The summed E-state index contributed by atoms with van der Waals surface area (Å²) >= 11 is 0. The summed E-state index contributed by atoms with van der Waals surface area (Å²) in [7, 11) is 4.04. The molecule has 122 valence electrons. The molecule has 0 fully saturated rings. The molecule has 24 heavy (non-hydrogen) atoms. The Morgan fingerprint density at radius 2 is 1.83 bits per heavy atom. The van der Waals surface area contributed by atoms with Gasteiger partial charge < -0.3 is 15.2 Å². The topological polar surface area (TPSA) is 70.9 Å². The average molecular weight is 319 g/mol. The summed E-state index contributed by atoms with van der Waals surface area (Å²) in [4.78, 5) is 6.56. The van der Waals surface area contributed by atoms with Crippen LogP contribution < -0.4 is 10.6 Å². The lowest BCUT2D eigenvalue weighted by atomic mass is 10.1. The average Bonchev–Trinajstić information content (AvgIpc) is 3.03. The van der Waals surface area contributed by atoms with E-state index < -0.39 is 0 Å². The van der Waals surface area contributed by atoms with Crippen molar-refractivity contribution in [2.24, 2.45) is 5.73 Å². The number of hydrogen-bond acceptors (Lipinski definition) is 3. The summed E-state index contributed by atoms with van der Waals surface area (Å²) in [5.41, 5.74) is 9.68. The summed E-state index contributed by atoms with van der Waals surface area (Å²) in [6.45, 7) is 0.626. The van der Waals surface area contributed by atoms with Gasteiger partial charge in [0.2, 0.25) is 0 Å². The predicted molar refractivity (Wildman–Crippen MR) is 98.6 cm³/mol. The Balaban J connectivity index is 1.93. The van der Waals surface area contributed by atoms with Gasteiger partial charge in [-0.15, -0.1) is 0 Å². The first-order valence-corrected chi connectivity index (χ1v) is 7.77. The number of nitrogens with one attached hydrogen (secondary N) is 1. The number of imidazole rings is 1. The minimum atomic E-state index is 0.0857. The maximum Gasteiger partial charge on any atom is 0.140 e. The minimum absolute atomic E-state index is 0.0857. The van der Waals surface area contributed by atoms with Crippen molar-refractivity contribution in [1.82, 2.24) is 9.55 Å². The molecule has 5 heteroatoms. The first kappa shape index (κ1) is 15.8. The van der Waals surface area contributed by atoms with Crippen LogP contribution in [0.1, 0.15) is 11.1 Å². The molecule has 0 radical (unpaired) electrons. The third-order valence-electron chi connectivity index (χ3n) is 4.01. The smallest absolute Gasteiger partial charge is 0.140 e. The molecule has 0 saturated carbocycles. The van der Waals surface area contributed by atoms with Gasteiger partial charge in [-0.2, -0.15) is 0 Å². The zero-order chi connectivity index (χ0) is 17.1. The van der Waals surface area contributed by atoms with Gasteiger partial charge in [-0.3, -0.25) is 5.41 Å². The highest BCUT2D eigenvalue weighted by molar-refractivity contribution is 5.96. The van der Waals surface area contributed by atoms with Crippen molar-refractivity contribution in [3.63, 3.8) is 0 Å². The number of aromatic nitrogens is 2. The predicted octanol–water partition coefficient (Wildman–Crippen LogP) is 2.95. The zero-order valence-electron chi connectivity index (χ0n) is 13.9. The number of nitrogens with two attached hydrogens (primary N) is 1. The molecule has 0 aliphatic carbocycles. The van der Waals surface area contributed by atoms with Crippen molar-refractivity contribution in [3.05, 3.63) is 72.1 Å². The first-order chi connectivity index (χ1) is 11.6. The molecule has 2 aromatic carbocycles. The second-order valence-corrected chi connectivity index (χ2v) is 5.89. The number of rotatable bonds is 5. The number of nitrogens with zero attached hydrogens (tertiary/aromatic N) is 3. The number of hydrogen-bond donors (Lipinski definition) is 2. The van der Waals surface area contributed by atoms with Crippen LogP contribution in [0.3, 0.4) is 0 Å². The second-order valence-electron chi connectivity index (χ2n) is 5.89. The van der Waals surface area contributed by atoms with E-state index in [9.17, 15) is 0 Å². The van der Waals surface area contributed by atoms with E-state index in [1.807, 2.05) is 44.6 Å². The quantitative estimate of drug-likeness (QED) is 0.561. The third kappa shape index (κ3) is 3.15. The molecule has 0 amide bonds. The fourth-order valence-corrected chi connectivity index (χ4v) is 2.71. The Labute approximate surface area is 141 Å². The number of amidine groups is 1. The van der Waals surface area contributed by atoms with Gasteiger partial charge in [-0.05, 0) is 29.8 Å². The van der Waals surface area contributed by atoms with Crippen molar-refractivity contribution >= 4 is 11.5 Å². The fourth-order valence-electron chi connectivity index (χ4n) is 2.71. The monoisotopic (exact) mass is 319 g/mol. The van der Waals surface area contributed by atoms with Crippen LogP contribution in [0.4, 0.5) is 5.69 Å². The maximum absolute atomic E-state index is 7.73. The van der Waals surface area contributed by atoms with Gasteiger partial charge in [0.25, 0.3) is 0 Å². The highest BCUT2D eigenvalue weighted by Gasteiger charge is 2.10. The first-order valence-electron chi connectivity index (χ1n) is 7.77. The molecule has 3 N–H and O–H groups in total. The molecule has 0 spiro atoms. The van der Waals surface area contributed by atoms with Gasteiger partial charge in [0.1, 0.15) is 11.7 Å². The molecule has 3 rings (SSSR count). The third-order valence-corrected chi connectivity index (χ3v) is 4.01. The molecule has 5 nitrogen and oxygen atoms in total. The molecule has 0 atom stereocenters. The van der Waals surface area contributed by atoms with Crippen LogP contribution in [0.5, 0.6) is 0 Å². The van der Waals surface area contributed by atoms with Gasteiger partial charge in [0.05, 0.1) is 0 Å². The Bertz CT molecular complexity index is 846. The molecule has 0 aliphatic heterocycles. The van der Waals surface area contributed by atoms with Crippen molar-refractivity contribution in [2.75, 3.05) is 19.0 Å². The van der Waals surface area contributed by atoms with Crippen LogP contribution in [0.15, 0.2) is 60.9 Å². The molecule has 0 aliphatic rings. The van der Waals surface area contributed by atoms with E-state index in [0.717, 1.165) is 28.2 Å². The molecule has 0 saturated heterocycles. The summed E-state index contributed by atoms with van der Waals surface area (Å²) < 4.78 is 2.08. The van der Waals surface area contributed by atoms with E-state index in [1.165, 1.54) is 0 Å². The van der Waals surface area contributed by atoms with Gasteiger partial charge in [0.15, 0.2) is 0 Å². The van der Waals surface area contributed by atoms with E-state index in [-0.39, 0.29) is 5.84 Å². The van der Waals surface area contributed by atoms with Crippen molar-refractivity contribution in [3.8, 4) is 11.4 Å². The van der Waals surface area contributed by atoms with E-state index in [4.69, 9.17) is 11.1 Å². The molecule has 3 aromatic rings. The number of nitrogen functional groups attached to an aromatic ring is 1. The van der Waals surface area contributed by atoms with Gasteiger partial charge >= 0.3 is 0 Å². The molecule has 1 heterocycles. The molecule has 0 unspecified atom stereocenters. The van der Waals surface area contributed by atoms with Crippen LogP contribution in [0.2, 0.25) is 0 Å². The van der Waals surface area contributed by atoms with Crippen LogP contribution in [0, 0.1) is 5.41 Å².